The zero-order valence-corrected chi connectivity index (χ0v) is 14.8. The van der Waals surface area contributed by atoms with Gasteiger partial charge < -0.3 is 4.74 Å². The minimum absolute atomic E-state index is 0.207. The number of benzene rings is 2. The first-order valence-corrected chi connectivity index (χ1v) is 8.75. The maximum Gasteiger partial charge on any atom is 0.279 e. The Morgan fingerprint density at radius 1 is 1.04 bits per heavy atom. The van der Waals surface area contributed by atoms with E-state index >= 15 is 0 Å². The predicted octanol–water partition coefficient (Wildman–Crippen LogP) is 3.50. The number of carbonyl (C=O) groups is 2. The van der Waals surface area contributed by atoms with Crippen LogP contribution in [-0.2, 0) is 4.79 Å². The molecule has 2 N–H and O–H groups in total. The molecule has 0 bridgehead atoms. The second-order valence-electron chi connectivity index (χ2n) is 4.87. The van der Waals surface area contributed by atoms with Crippen molar-refractivity contribution in [2.75, 3.05) is 6.61 Å². The Labute approximate surface area is 150 Å². The Morgan fingerprint density at radius 3 is 2.67 bits per heavy atom. The molecule has 0 unspecified atom stereocenters. The average Bonchev–Trinajstić information content (AvgIpc) is 3.14. The number of nitrogens with one attached hydrogen (secondary N) is 2. The van der Waals surface area contributed by atoms with E-state index in [0.717, 1.165) is 15.2 Å². The van der Waals surface area contributed by atoms with Crippen molar-refractivity contribution < 1.29 is 14.3 Å². The lowest BCUT2D eigenvalue weighted by molar-refractivity contribution is -0.123. The molecule has 1 aromatic heterocycles. The maximum absolute atomic E-state index is 11.8. The molecule has 0 aliphatic carbocycles. The Morgan fingerprint density at radius 2 is 1.88 bits per heavy atom. The van der Waals surface area contributed by atoms with Crippen LogP contribution in [0.15, 0.2) is 58.4 Å². The summed E-state index contributed by atoms with van der Waals surface area (Å²) in [4.78, 5) is 24.0. The highest BCUT2D eigenvalue weighted by Gasteiger charge is 2.10. The van der Waals surface area contributed by atoms with Gasteiger partial charge in [0.2, 0.25) is 0 Å². The van der Waals surface area contributed by atoms with Gasteiger partial charge in [-0.25, -0.2) is 0 Å². The summed E-state index contributed by atoms with van der Waals surface area (Å²) in [6.07, 6.45) is 0. The average molecular weight is 405 g/mol. The van der Waals surface area contributed by atoms with Crippen molar-refractivity contribution in [3.63, 3.8) is 0 Å². The molecule has 0 atom stereocenters. The standard InChI is InChI=1S/C17H13BrN2O3S/c18-16-12-5-2-1-4-11(12)7-8-13(16)23-10-15(21)19-20-17(22)14-6-3-9-24-14/h1-9H,10H2,(H,19,21)(H,20,22). The number of rotatable bonds is 4. The fourth-order valence-electron chi connectivity index (χ4n) is 2.10. The number of halogens is 1. The molecule has 0 spiro atoms. The highest BCUT2D eigenvalue weighted by molar-refractivity contribution is 9.10. The third-order valence-electron chi connectivity index (χ3n) is 3.25. The van der Waals surface area contributed by atoms with Gasteiger partial charge in [-0.2, -0.15) is 0 Å². The van der Waals surface area contributed by atoms with Gasteiger partial charge in [-0.05, 0) is 44.2 Å². The van der Waals surface area contributed by atoms with Crippen LogP contribution in [0.3, 0.4) is 0 Å². The molecule has 3 aromatic rings. The van der Waals surface area contributed by atoms with Crippen molar-refractivity contribution >= 4 is 49.9 Å². The summed E-state index contributed by atoms with van der Waals surface area (Å²) in [6.45, 7) is -0.207. The summed E-state index contributed by atoms with van der Waals surface area (Å²) in [5, 5.41) is 3.86. The van der Waals surface area contributed by atoms with Gasteiger partial charge in [0.15, 0.2) is 6.61 Å². The van der Waals surface area contributed by atoms with E-state index in [4.69, 9.17) is 4.74 Å². The molecule has 0 saturated carbocycles. The van der Waals surface area contributed by atoms with Gasteiger partial charge in [0.1, 0.15) is 5.75 Å². The highest BCUT2D eigenvalue weighted by Crippen LogP contribution is 2.32. The molecular formula is C17H13BrN2O3S. The first kappa shape index (κ1) is 16.5. The molecular weight excluding hydrogens is 392 g/mol. The lowest BCUT2D eigenvalue weighted by Crippen LogP contribution is -2.43. The lowest BCUT2D eigenvalue weighted by Gasteiger charge is -2.11. The first-order valence-electron chi connectivity index (χ1n) is 7.08. The number of amides is 2. The van der Waals surface area contributed by atoms with E-state index in [9.17, 15) is 9.59 Å². The number of hydrogen-bond acceptors (Lipinski definition) is 4. The third kappa shape index (κ3) is 3.74. The maximum atomic E-state index is 11.8. The summed E-state index contributed by atoms with van der Waals surface area (Å²) in [5.74, 6) is -0.237. The molecule has 24 heavy (non-hydrogen) atoms. The molecule has 5 nitrogen and oxygen atoms in total. The summed E-state index contributed by atoms with van der Waals surface area (Å²) in [7, 11) is 0. The van der Waals surface area contributed by atoms with E-state index in [-0.39, 0.29) is 12.5 Å². The molecule has 1 heterocycles. The summed E-state index contributed by atoms with van der Waals surface area (Å²) in [5.41, 5.74) is 4.67. The van der Waals surface area contributed by atoms with Crippen LogP contribution in [0.4, 0.5) is 0 Å². The Kier molecular flexibility index (Phi) is 5.12. The van der Waals surface area contributed by atoms with Gasteiger partial charge in [0.25, 0.3) is 11.8 Å². The van der Waals surface area contributed by atoms with Crippen molar-refractivity contribution in [1.29, 1.82) is 0 Å². The predicted molar refractivity (Wildman–Crippen MR) is 97.1 cm³/mol. The Bertz CT molecular complexity index is 881. The van der Waals surface area contributed by atoms with Gasteiger partial charge in [0, 0.05) is 0 Å². The SMILES string of the molecule is O=C(COc1ccc2ccccc2c1Br)NNC(=O)c1cccs1. The van der Waals surface area contributed by atoms with Crippen LogP contribution >= 0.6 is 27.3 Å². The quantitative estimate of drug-likeness (QED) is 0.653. The fraction of sp³-hybridized carbons (Fsp3) is 0.0588. The van der Waals surface area contributed by atoms with Crippen LogP contribution in [0.25, 0.3) is 10.8 Å². The van der Waals surface area contributed by atoms with Gasteiger partial charge in [-0.15, -0.1) is 11.3 Å². The van der Waals surface area contributed by atoms with E-state index in [0.29, 0.717) is 10.6 Å². The van der Waals surface area contributed by atoms with Crippen LogP contribution in [0.2, 0.25) is 0 Å². The van der Waals surface area contributed by atoms with E-state index < -0.39 is 5.91 Å². The minimum atomic E-state index is -0.444. The number of ether oxygens (including phenoxy) is 1. The first-order chi connectivity index (χ1) is 11.6. The number of carbonyl (C=O) groups excluding carboxylic acids is 2. The minimum Gasteiger partial charge on any atom is -0.483 e. The fourth-order valence-corrected chi connectivity index (χ4v) is 3.33. The van der Waals surface area contributed by atoms with Gasteiger partial charge in [0.05, 0.1) is 9.35 Å². The molecule has 0 radical (unpaired) electrons. The van der Waals surface area contributed by atoms with Crippen molar-refractivity contribution in [3.05, 3.63) is 63.3 Å². The number of hydrazine groups is 1. The summed E-state index contributed by atoms with van der Waals surface area (Å²) in [6, 6.07) is 15.0. The zero-order chi connectivity index (χ0) is 16.9. The van der Waals surface area contributed by atoms with Crippen LogP contribution < -0.4 is 15.6 Å². The van der Waals surface area contributed by atoms with Crippen LogP contribution in [0.1, 0.15) is 9.67 Å². The number of fused-ring (bicyclic) bond motifs is 1. The van der Waals surface area contributed by atoms with E-state index in [1.165, 1.54) is 11.3 Å². The van der Waals surface area contributed by atoms with E-state index in [2.05, 4.69) is 26.8 Å². The Hall–Kier alpha value is -2.38. The largest absolute Gasteiger partial charge is 0.483 e. The zero-order valence-electron chi connectivity index (χ0n) is 12.4. The Balaban J connectivity index is 1.56. The van der Waals surface area contributed by atoms with Crippen LogP contribution in [0, 0.1) is 0 Å². The van der Waals surface area contributed by atoms with E-state index in [1.807, 2.05) is 30.3 Å². The van der Waals surface area contributed by atoms with Crippen molar-refractivity contribution in [2.24, 2.45) is 0 Å². The monoisotopic (exact) mass is 404 g/mol. The smallest absolute Gasteiger partial charge is 0.279 e. The van der Waals surface area contributed by atoms with Gasteiger partial charge in [-0.1, -0.05) is 36.4 Å². The second-order valence-corrected chi connectivity index (χ2v) is 6.61. The topological polar surface area (TPSA) is 67.4 Å². The number of hydrogen-bond donors (Lipinski definition) is 2. The van der Waals surface area contributed by atoms with Crippen molar-refractivity contribution in [1.82, 2.24) is 10.9 Å². The third-order valence-corrected chi connectivity index (χ3v) is 4.93. The van der Waals surface area contributed by atoms with Crippen LogP contribution in [0.5, 0.6) is 5.75 Å². The van der Waals surface area contributed by atoms with E-state index in [1.54, 1.807) is 23.6 Å². The highest BCUT2D eigenvalue weighted by atomic mass is 79.9. The molecule has 0 aliphatic rings. The van der Waals surface area contributed by atoms with Crippen molar-refractivity contribution in [2.45, 2.75) is 0 Å². The van der Waals surface area contributed by atoms with Gasteiger partial charge in [-0.3, -0.25) is 20.4 Å². The second kappa shape index (κ2) is 7.46. The molecule has 0 saturated heterocycles. The van der Waals surface area contributed by atoms with Crippen molar-refractivity contribution in [3.8, 4) is 5.75 Å². The van der Waals surface area contributed by atoms with Gasteiger partial charge >= 0.3 is 0 Å². The summed E-state index contributed by atoms with van der Waals surface area (Å²) >= 11 is 4.79. The number of thiophene rings is 1. The molecule has 0 aliphatic heterocycles. The molecule has 7 heteroatoms. The molecule has 2 aromatic carbocycles. The summed E-state index contributed by atoms with van der Waals surface area (Å²) < 4.78 is 6.31. The molecule has 122 valence electrons. The lowest BCUT2D eigenvalue weighted by atomic mass is 10.1. The van der Waals surface area contributed by atoms with Crippen LogP contribution in [-0.4, -0.2) is 18.4 Å². The normalized spacial score (nSPS) is 10.4. The molecule has 0 fully saturated rings. The molecule has 3 rings (SSSR count). The molecule has 2 amide bonds.